The summed E-state index contributed by atoms with van der Waals surface area (Å²) in [5.41, 5.74) is 3.58. The molecule has 0 aliphatic carbocycles. The second-order valence-corrected chi connectivity index (χ2v) is 9.20. The van der Waals surface area contributed by atoms with Crippen molar-refractivity contribution in [2.45, 2.75) is 26.5 Å². The zero-order valence-electron chi connectivity index (χ0n) is 23.4. The smallest absolute Gasteiger partial charge is 0.408 e. The Bertz CT molecular complexity index is 1410. The zero-order valence-corrected chi connectivity index (χ0v) is 23.4. The van der Waals surface area contributed by atoms with E-state index in [0.29, 0.717) is 29.4 Å². The molecule has 0 unspecified atom stereocenters. The highest BCUT2D eigenvalue weighted by atomic mass is 16.6. The minimum absolute atomic E-state index is 0.239. The number of carbonyl (C=O) groups excluding carboxylic acids is 2. The van der Waals surface area contributed by atoms with E-state index in [0.717, 1.165) is 29.8 Å². The lowest BCUT2D eigenvalue weighted by Crippen LogP contribution is -2.33. The number of carbonyl (C=O) groups is 2. The van der Waals surface area contributed by atoms with Crippen molar-refractivity contribution in [1.82, 2.24) is 15.2 Å². The number of methoxy groups -OCH3 is 1. The van der Waals surface area contributed by atoms with Gasteiger partial charge in [-0.2, -0.15) is 0 Å². The normalized spacial score (nSPS) is 11.5. The minimum atomic E-state index is -0.509. The van der Waals surface area contributed by atoms with Crippen LogP contribution in [0.3, 0.4) is 0 Å². The number of alkyl carbamates (subject to hydrolysis) is 1. The van der Waals surface area contributed by atoms with Crippen LogP contribution in [0.2, 0.25) is 0 Å². The van der Waals surface area contributed by atoms with Gasteiger partial charge in [0, 0.05) is 30.5 Å². The highest BCUT2D eigenvalue weighted by Crippen LogP contribution is 2.32. The number of rotatable bonds is 12. The standard InChI is InChI=1S/C31H35N5O5/c1-4-36(5-2)20-29(23-11-7-6-8-12-23)41-31(38)33-18-22-10-9-13-24(16-22)34-30(37)35-25-14-15-26(27(17-25)39-3)28-19-32-21-40-28/h6-17,19,21,29H,4-5,18,20H2,1-3H3,(H,33,38)(H2,34,35,37)/t29-/m0/s1. The zero-order chi connectivity index (χ0) is 29.0. The monoisotopic (exact) mass is 557 g/mol. The van der Waals surface area contributed by atoms with Gasteiger partial charge in [-0.3, -0.25) is 4.90 Å². The third-order valence-electron chi connectivity index (χ3n) is 6.52. The van der Waals surface area contributed by atoms with Crippen LogP contribution in [0.1, 0.15) is 31.1 Å². The van der Waals surface area contributed by atoms with Crippen molar-refractivity contribution in [1.29, 1.82) is 0 Å². The molecular weight excluding hydrogens is 522 g/mol. The van der Waals surface area contributed by atoms with Crippen LogP contribution in [-0.2, 0) is 11.3 Å². The summed E-state index contributed by atoms with van der Waals surface area (Å²) in [6.07, 6.45) is 2.03. The fraction of sp³-hybridized carbons (Fsp3) is 0.258. The number of aromatic nitrogens is 1. The molecular formula is C31H35N5O5. The number of likely N-dealkylation sites (N-methyl/N-ethyl adjacent to an activating group) is 1. The Morgan fingerprint density at radius 1 is 0.951 bits per heavy atom. The number of anilines is 2. The molecule has 0 bridgehead atoms. The predicted molar refractivity (Wildman–Crippen MR) is 158 cm³/mol. The molecule has 4 aromatic rings. The Kier molecular flexibility index (Phi) is 10.3. The fourth-order valence-corrected chi connectivity index (χ4v) is 4.31. The van der Waals surface area contributed by atoms with Crippen LogP contribution in [0.25, 0.3) is 11.3 Å². The van der Waals surface area contributed by atoms with Gasteiger partial charge in [-0.05, 0) is 48.5 Å². The summed E-state index contributed by atoms with van der Waals surface area (Å²) < 4.78 is 16.6. The van der Waals surface area contributed by atoms with Crippen LogP contribution in [0, 0.1) is 0 Å². The van der Waals surface area contributed by atoms with E-state index in [1.165, 1.54) is 6.39 Å². The van der Waals surface area contributed by atoms with Crippen LogP contribution in [0.15, 0.2) is 89.8 Å². The van der Waals surface area contributed by atoms with Gasteiger partial charge in [-0.25, -0.2) is 14.6 Å². The van der Waals surface area contributed by atoms with Crippen LogP contribution >= 0.6 is 0 Å². The van der Waals surface area contributed by atoms with Gasteiger partial charge in [0.2, 0.25) is 0 Å². The maximum absolute atomic E-state index is 12.7. The fourth-order valence-electron chi connectivity index (χ4n) is 4.31. The van der Waals surface area contributed by atoms with Crippen LogP contribution < -0.4 is 20.7 Å². The van der Waals surface area contributed by atoms with Crippen molar-refractivity contribution in [3.05, 3.63) is 96.5 Å². The highest BCUT2D eigenvalue weighted by Gasteiger charge is 2.19. The lowest BCUT2D eigenvalue weighted by Gasteiger charge is -2.25. The first kappa shape index (κ1) is 29.2. The first-order valence-corrected chi connectivity index (χ1v) is 13.4. The molecule has 4 rings (SSSR count). The van der Waals surface area contributed by atoms with Gasteiger partial charge < -0.3 is 29.8 Å². The number of benzene rings is 3. The number of urea groups is 1. The number of amides is 3. The summed E-state index contributed by atoms with van der Waals surface area (Å²) >= 11 is 0. The van der Waals surface area contributed by atoms with Gasteiger partial charge in [0.05, 0.1) is 18.9 Å². The third kappa shape index (κ3) is 8.33. The maximum Gasteiger partial charge on any atom is 0.408 e. The molecule has 1 heterocycles. The summed E-state index contributed by atoms with van der Waals surface area (Å²) in [4.78, 5) is 31.5. The topological polar surface area (TPSA) is 118 Å². The Morgan fingerprint density at radius 2 is 1.71 bits per heavy atom. The Balaban J connectivity index is 1.32. The first-order chi connectivity index (χ1) is 20.0. The van der Waals surface area contributed by atoms with E-state index in [2.05, 4.69) is 39.7 Å². The van der Waals surface area contributed by atoms with Crippen LogP contribution in [-0.4, -0.2) is 48.8 Å². The van der Waals surface area contributed by atoms with Crippen molar-refractivity contribution in [3.8, 4) is 17.1 Å². The molecule has 0 saturated heterocycles. The van der Waals surface area contributed by atoms with Crippen LogP contribution in [0.5, 0.6) is 5.75 Å². The second kappa shape index (κ2) is 14.5. The largest absolute Gasteiger partial charge is 0.496 e. The molecule has 0 fully saturated rings. The molecule has 10 nitrogen and oxygen atoms in total. The molecule has 0 saturated carbocycles. The quantitative estimate of drug-likeness (QED) is 0.187. The van der Waals surface area contributed by atoms with Crippen molar-refractivity contribution >= 4 is 23.5 Å². The molecule has 214 valence electrons. The molecule has 0 spiro atoms. The van der Waals surface area contributed by atoms with E-state index >= 15 is 0 Å². The average molecular weight is 558 g/mol. The van der Waals surface area contributed by atoms with E-state index in [1.807, 2.05) is 36.4 Å². The van der Waals surface area contributed by atoms with Crippen molar-refractivity contribution in [2.24, 2.45) is 0 Å². The number of nitrogens with zero attached hydrogens (tertiary/aromatic N) is 2. The lowest BCUT2D eigenvalue weighted by molar-refractivity contribution is 0.0716. The highest BCUT2D eigenvalue weighted by molar-refractivity contribution is 6.00. The van der Waals surface area contributed by atoms with Gasteiger partial charge >= 0.3 is 12.1 Å². The minimum Gasteiger partial charge on any atom is -0.496 e. The summed E-state index contributed by atoms with van der Waals surface area (Å²) in [6.45, 7) is 6.73. The molecule has 0 radical (unpaired) electrons. The SMILES string of the molecule is CCN(CC)C[C@H](OC(=O)NCc1cccc(NC(=O)Nc2ccc(-c3cnco3)c(OC)c2)c1)c1ccccc1. The number of oxazole rings is 1. The van der Waals surface area contributed by atoms with Gasteiger partial charge in [0.1, 0.15) is 11.9 Å². The van der Waals surface area contributed by atoms with E-state index in [1.54, 1.807) is 49.7 Å². The summed E-state index contributed by atoms with van der Waals surface area (Å²) in [7, 11) is 1.54. The molecule has 3 N–H and O–H groups in total. The molecule has 1 atom stereocenters. The third-order valence-corrected chi connectivity index (χ3v) is 6.52. The van der Waals surface area contributed by atoms with Crippen molar-refractivity contribution in [2.75, 3.05) is 37.4 Å². The molecule has 3 aromatic carbocycles. The summed E-state index contributed by atoms with van der Waals surface area (Å²) in [5, 5.41) is 8.44. The molecule has 1 aromatic heterocycles. The Labute approximate surface area is 239 Å². The maximum atomic E-state index is 12.7. The Hall–Kier alpha value is -4.83. The number of hydrogen-bond donors (Lipinski definition) is 3. The molecule has 10 heteroatoms. The molecule has 0 aliphatic rings. The van der Waals surface area contributed by atoms with E-state index < -0.39 is 18.2 Å². The molecule has 41 heavy (non-hydrogen) atoms. The van der Waals surface area contributed by atoms with Crippen LogP contribution in [0.4, 0.5) is 21.0 Å². The van der Waals surface area contributed by atoms with E-state index in [9.17, 15) is 9.59 Å². The van der Waals surface area contributed by atoms with Gasteiger partial charge in [0.25, 0.3) is 0 Å². The van der Waals surface area contributed by atoms with Gasteiger partial charge in [-0.15, -0.1) is 0 Å². The molecule has 3 amide bonds. The average Bonchev–Trinajstić information content (AvgIpc) is 3.53. The summed E-state index contributed by atoms with van der Waals surface area (Å²) in [6, 6.07) is 21.8. The number of nitrogens with one attached hydrogen (secondary N) is 3. The summed E-state index contributed by atoms with van der Waals surface area (Å²) in [5.74, 6) is 1.10. The van der Waals surface area contributed by atoms with Crippen molar-refractivity contribution < 1.29 is 23.5 Å². The second-order valence-electron chi connectivity index (χ2n) is 9.20. The van der Waals surface area contributed by atoms with Gasteiger partial charge in [-0.1, -0.05) is 56.3 Å². The first-order valence-electron chi connectivity index (χ1n) is 13.4. The van der Waals surface area contributed by atoms with E-state index in [-0.39, 0.29) is 6.54 Å². The van der Waals surface area contributed by atoms with Crippen molar-refractivity contribution in [3.63, 3.8) is 0 Å². The predicted octanol–water partition coefficient (Wildman–Crippen LogP) is 6.30. The Morgan fingerprint density at radius 3 is 2.39 bits per heavy atom. The number of ether oxygens (including phenoxy) is 2. The lowest BCUT2D eigenvalue weighted by atomic mass is 10.1. The molecule has 0 aliphatic heterocycles. The van der Waals surface area contributed by atoms with Gasteiger partial charge in [0.15, 0.2) is 12.2 Å². The number of hydrogen-bond acceptors (Lipinski definition) is 7. The van der Waals surface area contributed by atoms with E-state index in [4.69, 9.17) is 13.9 Å².